The number of amides is 1. The van der Waals surface area contributed by atoms with Crippen LogP contribution in [0.4, 0.5) is 5.69 Å². The normalized spacial score (nSPS) is 14.0. The van der Waals surface area contributed by atoms with Crippen molar-refractivity contribution < 1.29 is 13.2 Å². The summed E-state index contributed by atoms with van der Waals surface area (Å²) in [5.74, 6) is -0.349. The van der Waals surface area contributed by atoms with Gasteiger partial charge in [0.25, 0.3) is 5.91 Å². The lowest BCUT2D eigenvalue weighted by Gasteiger charge is -2.11. The fourth-order valence-corrected chi connectivity index (χ4v) is 4.91. The number of anilines is 1. The molecule has 3 aromatic rings. The number of rotatable bonds is 6. The molecule has 6 nitrogen and oxygen atoms in total. The minimum Gasteiger partial charge on any atom is -0.322 e. The highest BCUT2D eigenvalue weighted by atomic mass is 32.2. The van der Waals surface area contributed by atoms with Crippen molar-refractivity contribution in [3.8, 4) is 11.3 Å². The van der Waals surface area contributed by atoms with Crippen molar-refractivity contribution in [3.05, 3.63) is 64.0 Å². The van der Waals surface area contributed by atoms with Crippen LogP contribution in [-0.2, 0) is 10.0 Å². The van der Waals surface area contributed by atoms with Crippen molar-refractivity contribution in [1.82, 2.24) is 9.71 Å². The molecule has 1 saturated carbocycles. The number of aryl methyl sites for hydroxylation is 2. The van der Waals surface area contributed by atoms with E-state index in [0.29, 0.717) is 16.8 Å². The molecule has 150 valence electrons. The molecule has 0 atom stereocenters. The SMILES string of the molecule is Cc1nc(-c2cccc(NC(=O)c3cc(S(=O)(=O)NC4CC4)ccc3C)c2)cs1. The van der Waals surface area contributed by atoms with E-state index in [2.05, 4.69) is 15.0 Å². The Balaban J connectivity index is 1.58. The molecule has 0 spiro atoms. The number of aromatic nitrogens is 1. The quantitative estimate of drug-likeness (QED) is 0.619. The molecule has 1 aromatic heterocycles. The van der Waals surface area contributed by atoms with Gasteiger partial charge in [-0.25, -0.2) is 18.1 Å². The van der Waals surface area contributed by atoms with Gasteiger partial charge in [-0.1, -0.05) is 18.2 Å². The van der Waals surface area contributed by atoms with Crippen LogP contribution >= 0.6 is 11.3 Å². The molecule has 8 heteroatoms. The van der Waals surface area contributed by atoms with Crippen LogP contribution in [0.15, 0.2) is 52.7 Å². The summed E-state index contributed by atoms with van der Waals surface area (Å²) in [5, 5.41) is 5.82. The lowest BCUT2D eigenvalue weighted by atomic mass is 10.1. The number of carbonyl (C=O) groups excluding carboxylic acids is 1. The largest absolute Gasteiger partial charge is 0.322 e. The summed E-state index contributed by atoms with van der Waals surface area (Å²) in [6.07, 6.45) is 1.71. The molecule has 0 radical (unpaired) electrons. The van der Waals surface area contributed by atoms with Crippen LogP contribution in [0.2, 0.25) is 0 Å². The summed E-state index contributed by atoms with van der Waals surface area (Å²) in [6.45, 7) is 3.73. The molecule has 0 saturated heterocycles. The Morgan fingerprint density at radius 1 is 1.14 bits per heavy atom. The van der Waals surface area contributed by atoms with Gasteiger partial charge in [0.2, 0.25) is 10.0 Å². The lowest BCUT2D eigenvalue weighted by Crippen LogP contribution is -2.26. The van der Waals surface area contributed by atoms with Gasteiger partial charge in [-0.15, -0.1) is 11.3 Å². The average Bonchev–Trinajstić information content (AvgIpc) is 3.37. The maximum absolute atomic E-state index is 12.9. The van der Waals surface area contributed by atoms with Gasteiger partial charge in [0, 0.05) is 28.2 Å². The summed E-state index contributed by atoms with van der Waals surface area (Å²) < 4.78 is 27.6. The fourth-order valence-electron chi connectivity index (χ4n) is 2.95. The number of benzene rings is 2. The van der Waals surface area contributed by atoms with Crippen LogP contribution < -0.4 is 10.0 Å². The zero-order valence-corrected chi connectivity index (χ0v) is 17.7. The van der Waals surface area contributed by atoms with E-state index in [4.69, 9.17) is 0 Å². The van der Waals surface area contributed by atoms with Gasteiger partial charge in [0.15, 0.2) is 0 Å². The summed E-state index contributed by atoms with van der Waals surface area (Å²) in [5.41, 5.74) is 3.44. The van der Waals surface area contributed by atoms with Gasteiger partial charge < -0.3 is 5.32 Å². The Labute approximate surface area is 174 Å². The Bertz CT molecular complexity index is 1180. The molecular formula is C21H21N3O3S2. The highest BCUT2D eigenvalue weighted by molar-refractivity contribution is 7.89. The molecule has 1 heterocycles. The Morgan fingerprint density at radius 3 is 2.62 bits per heavy atom. The van der Waals surface area contributed by atoms with Crippen molar-refractivity contribution in [2.75, 3.05) is 5.32 Å². The number of thiazole rings is 1. The molecule has 0 unspecified atom stereocenters. The highest BCUT2D eigenvalue weighted by Gasteiger charge is 2.28. The first kappa shape index (κ1) is 19.8. The second-order valence-corrected chi connectivity index (χ2v) is 9.94. The Kier molecular flexibility index (Phi) is 5.24. The fraction of sp³-hybridized carbons (Fsp3) is 0.238. The van der Waals surface area contributed by atoms with E-state index in [1.54, 1.807) is 30.4 Å². The second-order valence-electron chi connectivity index (χ2n) is 7.16. The van der Waals surface area contributed by atoms with Crippen LogP contribution in [-0.4, -0.2) is 25.4 Å². The predicted molar refractivity (Wildman–Crippen MR) is 115 cm³/mol. The van der Waals surface area contributed by atoms with Gasteiger partial charge in [0.05, 0.1) is 15.6 Å². The van der Waals surface area contributed by atoms with Crippen LogP contribution in [0.5, 0.6) is 0 Å². The molecular weight excluding hydrogens is 406 g/mol. The molecule has 1 amide bonds. The van der Waals surface area contributed by atoms with Crippen LogP contribution in [0, 0.1) is 13.8 Å². The second kappa shape index (κ2) is 7.70. The number of nitrogens with one attached hydrogen (secondary N) is 2. The van der Waals surface area contributed by atoms with Crippen molar-refractivity contribution in [2.24, 2.45) is 0 Å². The number of sulfonamides is 1. The minimum absolute atomic E-state index is 0.00988. The van der Waals surface area contributed by atoms with E-state index in [9.17, 15) is 13.2 Å². The molecule has 1 aliphatic carbocycles. The first-order chi connectivity index (χ1) is 13.8. The monoisotopic (exact) mass is 427 g/mol. The Morgan fingerprint density at radius 2 is 1.93 bits per heavy atom. The molecule has 29 heavy (non-hydrogen) atoms. The van der Waals surface area contributed by atoms with Crippen molar-refractivity contribution in [1.29, 1.82) is 0 Å². The number of nitrogens with zero attached hydrogens (tertiary/aromatic N) is 1. The highest BCUT2D eigenvalue weighted by Crippen LogP contribution is 2.26. The molecule has 1 fully saturated rings. The van der Waals surface area contributed by atoms with E-state index in [1.165, 1.54) is 12.1 Å². The van der Waals surface area contributed by atoms with E-state index >= 15 is 0 Å². The summed E-state index contributed by atoms with van der Waals surface area (Å²) in [4.78, 5) is 17.4. The molecule has 0 bridgehead atoms. The first-order valence-electron chi connectivity index (χ1n) is 9.29. The van der Waals surface area contributed by atoms with Crippen molar-refractivity contribution in [2.45, 2.75) is 37.6 Å². The average molecular weight is 428 g/mol. The lowest BCUT2D eigenvalue weighted by molar-refractivity contribution is 0.102. The van der Waals surface area contributed by atoms with Crippen LogP contribution in [0.25, 0.3) is 11.3 Å². The summed E-state index contributed by atoms with van der Waals surface area (Å²) in [7, 11) is -3.62. The maximum atomic E-state index is 12.9. The van der Waals surface area contributed by atoms with Crippen molar-refractivity contribution in [3.63, 3.8) is 0 Å². The summed E-state index contributed by atoms with van der Waals surface area (Å²) >= 11 is 1.57. The third-order valence-corrected chi connectivity index (χ3v) is 6.99. The number of hydrogen-bond donors (Lipinski definition) is 2. The zero-order chi connectivity index (χ0) is 20.6. The first-order valence-corrected chi connectivity index (χ1v) is 11.6. The topological polar surface area (TPSA) is 88.2 Å². The molecule has 4 rings (SSSR count). The van der Waals surface area contributed by atoms with E-state index in [-0.39, 0.29) is 16.8 Å². The van der Waals surface area contributed by atoms with Crippen LogP contribution in [0.3, 0.4) is 0 Å². The van der Waals surface area contributed by atoms with E-state index < -0.39 is 10.0 Å². The third kappa shape index (κ3) is 4.55. The van der Waals surface area contributed by atoms with Crippen LogP contribution in [0.1, 0.15) is 33.8 Å². The third-order valence-electron chi connectivity index (χ3n) is 4.70. The molecule has 2 N–H and O–H groups in total. The van der Waals surface area contributed by atoms with Gasteiger partial charge in [-0.05, 0) is 56.5 Å². The Hall–Kier alpha value is -2.55. The zero-order valence-electron chi connectivity index (χ0n) is 16.1. The summed E-state index contributed by atoms with van der Waals surface area (Å²) in [6, 6.07) is 12.1. The standard InChI is InChI=1S/C21H21N3O3S2/c1-13-6-9-18(29(26,27)24-16-7-8-16)11-19(13)21(25)23-17-5-3-4-15(10-17)20-12-28-14(2)22-20/h3-6,9-12,16,24H,7-8H2,1-2H3,(H,23,25). The van der Waals surface area contributed by atoms with Gasteiger partial charge in [-0.3, -0.25) is 4.79 Å². The van der Waals surface area contributed by atoms with Crippen molar-refractivity contribution >= 4 is 33.0 Å². The maximum Gasteiger partial charge on any atom is 0.255 e. The van der Waals surface area contributed by atoms with E-state index in [1.807, 2.05) is 30.5 Å². The molecule has 1 aliphatic rings. The number of carbonyl (C=O) groups is 1. The minimum atomic E-state index is -3.62. The molecule has 2 aromatic carbocycles. The van der Waals surface area contributed by atoms with Gasteiger partial charge in [-0.2, -0.15) is 0 Å². The molecule has 0 aliphatic heterocycles. The predicted octanol–water partition coefficient (Wildman–Crippen LogP) is 4.12. The smallest absolute Gasteiger partial charge is 0.255 e. The van der Waals surface area contributed by atoms with Gasteiger partial charge >= 0.3 is 0 Å². The van der Waals surface area contributed by atoms with Gasteiger partial charge in [0.1, 0.15) is 0 Å². The number of hydrogen-bond acceptors (Lipinski definition) is 5. The van der Waals surface area contributed by atoms with E-state index in [0.717, 1.165) is 29.1 Å².